The molecule has 0 saturated heterocycles. The second kappa shape index (κ2) is 5.79. The Morgan fingerprint density at radius 2 is 2.05 bits per heavy atom. The van der Waals surface area contributed by atoms with Crippen molar-refractivity contribution in [2.75, 3.05) is 13.9 Å². The van der Waals surface area contributed by atoms with Crippen molar-refractivity contribution in [3.63, 3.8) is 0 Å². The SMILES string of the molecule is COc1cccc(CNCc2cccc3c2OCO3)n1. The van der Waals surface area contributed by atoms with Crippen LogP contribution in [0.15, 0.2) is 36.4 Å². The number of nitrogens with one attached hydrogen (secondary N) is 1. The Balaban J connectivity index is 1.61. The van der Waals surface area contributed by atoms with E-state index in [9.17, 15) is 0 Å². The summed E-state index contributed by atoms with van der Waals surface area (Å²) in [5.74, 6) is 2.27. The second-order valence-corrected chi connectivity index (χ2v) is 4.43. The summed E-state index contributed by atoms with van der Waals surface area (Å²) in [6, 6.07) is 11.6. The average molecular weight is 272 g/mol. The van der Waals surface area contributed by atoms with Gasteiger partial charge >= 0.3 is 0 Å². The molecule has 0 unspecified atom stereocenters. The molecular weight excluding hydrogens is 256 g/mol. The molecule has 1 aromatic carbocycles. The van der Waals surface area contributed by atoms with Crippen molar-refractivity contribution in [3.05, 3.63) is 47.7 Å². The zero-order valence-electron chi connectivity index (χ0n) is 11.3. The second-order valence-electron chi connectivity index (χ2n) is 4.43. The highest BCUT2D eigenvalue weighted by Crippen LogP contribution is 2.35. The average Bonchev–Trinajstić information content (AvgIpc) is 2.97. The zero-order chi connectivity index (χ0) is 13.8. The monoisotopic (exact) mass is 272 g/mol. The van der Waals surface area contributed by atoms with Crippen LogP contribution in [0, 0.1) is 0 Å². The molecular formula is C15H16N2O3. The maximum atomic E-state index is 5.47. The van der Waals surface area contributed by atoms with Gasteiger partial charge in [-0.3, -0.25) is 0 Å². The first-order valence-electron chi connectivity index (χ1n) is 6.45. The third-order valence-corrected chi connectivity index (χ3v) is 3.09. The number of pyridine rings is 1. The maximum Gasteiger partial charge on any atom is 0.231 e. The molecule has 0 atom stereocenters. The quantitative estimate of drug-likeness (QED) is 0.903. The largest absolute Gasteiger partial charge is 0.481 e. The van der Waals surface area contributed by atoms with Crippen LogP contribution in [0.1, 0.15) is 11.3 Å². The van der Waals surface area contributed by atoms with Gasteiger partial charge in [-0.2, -0.15) is 0 Å². The molecule has 3 rings (SSSR count). The molecule has 5 heteroatoms. The molecule has 1 aromatic heterocycles. The fourth-order valence-corrected chi connectivity index (χ4v) is 2.12. The molecule has 104 valence electrons. The first-order valence-corrected chi connectivity index (χ1v) is 6.45. The molecule has 0 amide bonds. The van der Waals surface area contributed by atoms with Gasteiger partial charge in [0.15, 0.2) is 11.5 Å². The number of fused-ring (bicyclic) bond motifs is 1. The molecule has 0 saturated carbocycles. The lowest BCUT2D eigenvalue weighted by Crippen LogP contribution is -2.14. The van der Waals surface area contributed by atoms with Gasteiger partial charge in [0.1, 0.15) is 0 Å². The van der Waals surface area contributed by atoms with Crippen molar-refractivity contribution in [3.8, 4) is 17.4 Å². The van der Waals surface area contributed by atoms with Crippen molar-refractivity contribution in [1.82, 2.24) is 10.3 Å². The van der Waals surface area contributed by atoms with Gasteiger partial charge in [0.05, 0.1) is 12.8 Å². The van der Waals surface area contributed by atoms with Crippen LogP contribution in [0.2, 0.25) is 0 Å². The minimum atomic E-state index is 0.295. The van der Waals surface area contributed by atoms with Gasteiger partial charge in [-0.15, -0.1) is 0 Å². The smallest absolute Gasteiger partial charge is 0.231 e. The number of hydrogen-bond acceptors (Lipinski definition) is 5. The van der Waals surface area contributed by atoms with Gasteiger partial charge in [0.2, 0.25) is 12.7 Å². The van der Waals surface area contributed by atoms with E-state index in [1.54, 1.807) is 7.11 Å². The lowest BCUT2D eigenvalue weighted by molar-refractivity contribution is 0.173. The van der Waals surface area contributed by atoms with Crippen molar-refractivity contribution >= 4 is 0 Å². The topological polar surface area (TPSA) is 52.6 Å². The minimum absolute atomic E-state index is 0.295. The van der Waals surface area contributed by atoms with E-state index in [1.165, 1.54) is 0 Å². The van der Waals surface area contributed by atoms with E-state index in [4.69, 9.17) is 14.2 Å². The van der Waals surface area contributed by atoms with Crippen molar-refractivity contribution in [1.29, 1.82) is 0 Å². The number of methoxy groups -OCH3 is 1. The molecule has 5 nitrogen and oxygen atoms in total. The van der Waals surface area contributed by atoms with Crippen LogP contribution < -0.4 is 19.5 Å². The highest BCUT2D eigenvalue weighted by Gasteiger charge is 2.16. The Bertz CT molecular complexity index is 601. The minimum Gasteiger partial charge on any atom is -0.481 e. The normalized spacial score (nSPS) is 12.4. The van der Waals surface area contributed by atoms with Gasteiger partial charge in [0.25, 0.3) is 0 Å². The van der Waals surface area contributed by atoms with Crippen molar-refractivity contribution in [2.24, 2.45) is 0 Å². The van der Waals surface area contributed by atoms with Crippen LogP contribution in [0.5, 0.6) is 17.4 Å². The van der Waals surface area contributed by atoms with Crippen LogP contribution in [-0.2, 0) is 13.1 Å². The third-order valence-electron chi connectivity index (χ3n) is 3.09. The van der Waals surface area contributed by atoms with Crippen molar-refractivity contribution in [2.45, 2.75) is 13.1 Å². The lowest BCUT2D eigenvalue weighted by atomic mass is 10.2. The van der Waals surface area contributed by atoms with E-state index in [0.29, 0.717) is 25.8 Å². The van der Waals surface area contributed by atoms with E-state index in [-0.39, 0.29) is 0 Å². The summed E-state index contributed by atoms with van der Waals surface area (Å²) in [6.07, 6.45) is 0. The fraction of sp³-hybridized carbons (Fsp3) is 0.267. The van der Waals surface area contributed by atoms with Gasteiger partial charge in [-0.1, -0.05) is 18.2 Å². The number of para-hydroxylation sites is 1. The predicted molar refractivity (Wildman–Crippen MR) is 73.9 cm³/mol. The molecule has 0 radical (unpaired) electrons. The molecule has 1 aliphatic heterocycles. The molecule has 1 aliphatic rings. The lowest BCUT2D eigenvalue weighted by Gasteiger charge is -2.08. The Morgan fingerprint density at radius 1 is 1.15 bits per heavy atom. The molecule has 0 aliphatic carbocycles. The van der Waals surface area contributed by atoms with Crippen molar-refractivity contribution < 1.29 is 14.2 Å². The summed E-state index contributed by atoms with van der Waals surface area (Å²) in [6.45, 7) is 1.66. The van der Waals surface area contributed by atoms with E-state index in [1.807, 2.05) is 36.4 Å². The summed E-state index contributed by atoms with van der Waals surface area (Å²) < 4.78 is 15.9. The Kier molecular flexibility index (Phi) is 3.69. The first kappa shape index (κ1) is 12.7. The number of benzene rings is 1. The summed E-state index contributed by atoms with van der Waals surface area (Å²) >= 11 is 0. The van der Waals surface area contributed by atoms with E-state index < -0.39 is 0 Å². The summed E-state index contributed by atoms with van der Waals surface area (Å²) in [7, 11) is 1.62. The highest BCUT2D eigenvalue weighted by atomic mass is 16.7. The van der Waals surface area contributed by atoms with Crippen LogP contribution in [0.25, 0.3) is 0 Å². The fourth-order valence-electron chi connectivity index (χ4n) is 2.12. The van der Waals surface area contributed by atoms with Gasteiger partial charge in [0, 0.05) is 24.7 Å². The standard InChI is InChI=1S/C15H16N2O3/c1-18-14-7-3-5-12(17-14)9-16-8-11-4-2-6-13-15(11)20-10-19-13/h2-7,16H,8-10H2,1H3. The molecule has 0 spiro atoms. The molecule has 2 heterocycles. The number of nitrogens with zero attached hydrogens (tertiary/aromatic N) is 1. The Morgan fingerprint density at radius 3 is 2.95 bits per heavy atom. The summed E-state index contributed by atoms with van der Waals surface area (Å²) in [5, 5.41) is 3.35. The van der Waals surface area contributed by atoms with E-state index >= 15 is 0 Å². The molecule has 0 bridgehead atoms. The van der Waals surface area contributed by atoms with Gasteiger partial charge < -0.3 is 19.5 Å². The van der Waals surface area contributed by atoms with Gasteiger partial charge in [-0.05, 0) is 12.1 Å². The van der Waals surface area contributed by atoms with Crippen LogP contribution >= 0.6 is 0 Å². The molecule has 0 fully saturated rings. The highest BCUT2D eigenvalue weighted by molar-refractivity contribution is 5.48. The number of rotatable bonds is 5. The van der Waals surface area contributed by atoms with E-state index in [2.05, 4.69) is 10.3 Å². The first-order chi connectivity index (χ1) is 9.86. The Hall–Kier alpha value is -2.27. The summed E-state index contributed by atoms with van der Waals surface area (Å²) in [4.78, 5) is 4.35. The van der Waals surface area contributed by atoms with Crippen LogP contribution in [-0.4, -0.2) is 18.9 Å². The van der Waals surface area contributed by atoms with Gasteiger partial charge in [-0.25, -0.2) is 4.98 Å². The predicted octanol–water partition coefficient (Wildman–Crippen LogP) is 2.11. The molecule has 2 aromatic rings. The molecule has 20 heavy (non-hydrogen) atoms. The molecule has 1 N–H and O–H groups in total. The van der Waals surface area contributed by atoms with E-state index in [0.717, 1.165) is 22.8 Å². The number of aromatic nitrogens is 1. The van der Waals surface area contributed by atoms with Crippen LogP contribution in [0.3, 0.4) is 0 Å². The van der Waals surface area contributed by atoms with Crippen LogP contribution in [0.4, 0.5) is 0 Å². The Labute approximate surface area is 117 Å². The summed E-state index contributed by atoms with van der Waals surface area (Å²) in [5.41, 5.74) is 2.02. The third kappa shape index (κ3) is 2.67. The number of hydrogen-bond donors (Lipinski definition) is 1. The maximum absolute atomic E-state index is 5.47. The number of ether oxygens (including phenoxy) is 3. The zero-order valence-corrected chi connectivity index (χ0v) is 11.3.